The molecule has 1 fully saturated rings. The van der Waals surface area contributed by atoms with Gasteiger partial charge in [-0.1, -0.05) is 6.07 Å². The van der Waals surface area contributed by atoms with Gasteiger partial charge in [0, 0.05) is 25.5 Å². The van der Waals surface area contributed by atoms with E-state index in [1.165, 1.54) is 10.6 Å². The molecule has 2 aromatic rings. The fraction of sp³-hybridized carbons (Fsp3) is 0.357. The zero-order chi connectivity index (χ0) is 13.9. The molecule has 0 saturated carbocycles. The minimum atomic E-state index is -0.406. The zero-order valence-electron chi connectivity index (χ0n) is 10.9. The van der Waals surface area contributed by atoms with Gasteiger partial charge in [0.05, 0.1) is 6.10 Å². The molecule has 0 aromatic carbocycles. The van der Waals surface area contributed by atoms with E-state index < -0.39 is 5.91 Å². The van der Waals surface area contributed by atoms with E-state index in [-0.39, 0.29) is 17.2 Å². The first-order chi connectivity index (χ1) is 9.75. The van der Waals surface area contributed by atoms with Crippen LogP contribution in [0, 0.1) is 0 Å². The fourth-order valence-electron chi connectivity index (χ4n) is 2.29. The van der Waals surface area contributed by atoms with Crippen molar-refractivity contribution in [3.63, 3.8) is 0 Å². The largest absolute Gasteiger partial charge is 0.376 e. The van der Waals surface area contributed by atoms with Crippen LogP contribution in [0.15, 0.2) is 35.4 Å². The van der Waals surface area contributed by atoms with E-state index in [1.54, 1.807) is 24.4 Å². The summed E-state index contributed by atoms with van der Waals surface area (Å²) in [7, 11) is 0. The Morgan fingerprint density at radius 3 is 3.20 bits per heavy atom. The number of hydrogen-bond acceptors (Lipinski definition) is 4. The van der Waals surface area contributed by atoms with Crippen molar-refractivity contribution in [3.05, 3.63) is 46.5 Å². The summed E-state index contributed by atoms with van der Waals surface area (Å²) in [6, 6.07) is 5.23. The van der Waals surface area contributed by atoms with Crippen molar-refractivity contribution in [2.24, 2.45) is 0 Å². The van der Waals surface area contributed by atoms with Crippen molar-refractivity contribution in [2.45, 2.75) is 18.9 Å². The van der Waals surface area contributed by atoms with Crippen LogP contribution in [-0.4, -0.2) is 34.5 Å². The molecule has 1 atom stereocenters. The predicted octanol–water partition coefficient (Wildman–Crippen LogP) is 0.603. The Labute approximate surface area is 115 Å². The van der Waals surface area contributed by atoms with E-state index in [1.807, 2.05) is 0 Å². The molecule has 3 heterocycles. The third-order valence-electron chi connectivity index (χ3n) is 3.37. The first-order valence-electron chi connectivity index (χ1n) is 6.62. The summed E-state index contributed by atoms with van der Waals surface area (Å²) in [6.07, 6.45) is 4.93. The highest BCUT2D eigenvalue weighted by Crippen LogP contribution is 2.10. The van der Waals surface area contributed by atoms with Crippen LogP contribution >= 0.6 is 0 Å². The van der Waals surface area contributed by atoms with E-state index in [0.717, 1.165) is 19.4 Å². The zero-order valence-corrected chi connectivity index (χ0v) is 10.9. The molecule has 1 aliphatic rings. The summed E-state index contributed by atoms with van der Waals surface area (Å²) in [6.45, 7) is 1.16. The smallest absolute Gasteiger partial charge is 0.270 e. The van der Waals surface area contributed by atoms with Crippen molar-refractivity contribution >= 4 is 11.6 Å². The summed E-state index contributed by atoms with van der Waals surface area (Å²) in [4.78, 5) is 28.4. The average Bonchev–Trinajstić information content (AvgIpc) is 2.99. The van der Waals surface area contributed by atoms with Crippen LogP contribution in [0.5, 0.6) is 0 Å². The number of aromatic nitrogens is 2. The van der Waals surface area contributed by atoms with Gasteiger partial charge in [-0.25, -0.2) is 4.98 Å². The van der Waals surface area contributed by atoms with Gasteiger partial charge in [-0.3, -0.25) is 14.0 Å². The second kappa shape index (κ2) is 5.42. The summed E-state index contributed by atoms with van der Waals surface area (Å²) in [5, 5.41) is 2.73. The first-order valence-corrected chi connectivity index (χ1v) is 6.62. The van der Waals surface area contributed by atoms with Gasteiger partial charge in [-0.15, -0.1) is 0 Å². The number of amides is 1. The van der Waals surface area contributed by atoms with Gasteiger partial charge < -0.3 is 10.1 Å². The summed E-state index contributed by atoms with van der Waals surface area (Å²) < 4.78 is 6.79. The minimum Gasteiger partial charge on any atom is -0.376 e. The lowest BCUT2D eigenvalue weighted by Gasteiger charge is -2.10. The monoisotopic (exact) mass is 273 g/mol. The minimum absolute atomic E-state index is 0.0479. The topological polar surface area (TPSA) is 72.7 Å². The number of nitrogens with zero attached hydrogens (tertiary/aromatic N) is 2. The van der Waals surface area contributed by atoms with E-state index in [4.69, 9.17) is 4.74 Å². The highest BCUT2D eigenvalue weighted by atomic mass is 16.5. The van der Waals surface area contributed by atoms with Gasteiger partial charge in [-0.2, -0.15) is 0 Å². The molecule has 0 spiro atoms. The number of carbonyl (C=O) groups excluding carboxylic acids is 1. The number of carbonyl (C=O) groups is 1. The van der Waals surface area contributed by atoms with Crippen molar-refractivity contribution in [1.29, 1.82) is 0 Å². The maximum atomic E-state index is 12.2. The lowest BCUT2D eigenvalue weighted by Crippen LogP contribution is -2.36. The van der Waals surface area contributed by atoms with Crippen LogP contribution in [-0.2, 0) is 4.74 Å². The molecule has 3 rings (SSSR count). The standard InChI is InChI=1S/C14H15N3O3/c18-13(16-8-10-4-3-7-20-10)11-9-15-12-5-1-2-6-17(12)14(11)19/h1-2,5-6,9-10H,3-4,7-8H2,(H,16,18)/t10-/m1/s1. The Balaban J connectivity index is 1.80. The molecule has 2 aromatic heterocycles. The second-order valence-corrected chi connectivity index (χ2v) is 4.75. The number of hydrogen-bond donors (Lipinski definition) is 1. The van der Waals surface area contributed by atoms with Gasteiger partial charge in [-0.05, 0) is 25.0 Å². The molecular formula is C14H15N3O3. The van der Waals surface area contributed by atoms with E-state index >= 15 is 0 Å². The van der Waals surface area contributed by atoms with Crippen LogP contribution < -0.4 is 10.9 Å². The van der Waals surface area contributed by atoms with E-state index in [9.17, 15) is 9.59 Å². The van der Waals surface area contributed by atoms with Crippen LogP contribution in [0.4, 0.5) is 0 Å². The molecule has 0 radical (unpaired) electrons. The third kappa shape index (κ3) is 2.42. The molecule has 0 aliphatic carbocycles. The maximum absolute atomic E-state index is 12.2. The van der Waals surface area contributed by atoms with Crippen molar-refractivity contribution in [3.8, 4) is 0 Å². The lowest BCUT2D eigenvalue weighted by molar-refractivity contribution is 0.0856. The summed E-state index contributed by atoms with van der Waals surface area (Å²) in [5.74, 6) is -0.406. The number of ether oxygens (including phenoxy) is 1. The second-order valence-electron chi connectivity index (χ2n) is 4.75. The Bertz CT molecular complexity index is 689. The molecule has 1 amide bonds. The number of fused-ring (bicyclic) bond motifs is 1. The van der Waals surface area contributed by atoms with Crippen LogP contribution in [0.3, 0.4) is 0 Å². The highest BCUT2D eigenvalue weighted by Gasteiger charge is 2.18. The van der Waals surface area contributed by atoms with Gasteiger partial charge in [0.25, 0.3) is 11.5 Å². The van der Waals surface area contributed by atoms with Crippen molar-refractivity contribution < 1.29 is 9.53 Å². The van der Waals surface area contributed by atoms with E-state index in [2.05, 4.69) is 10.3 Å². The summed E-state index contributed by atoms with van der Waals surface area (Å²) >= 11 is 0. The molecule has 0 unspecified atom stereocenters. The van der Waals surface area contributed by atoms with Gasteiger partial charge in [0.2, 0.25) is 0 Å². The molecule has 20 heavy (non-hydrogen) atoms. The molecule has 6 nitrogen and oxygen atoms in total. The van der Waals surface area contributed by atoms with Gasteiger partial charge in [0.15, 0.2) is 0 Å². The Hall–Kier alpha value is -2.21. The maximum Gasteiger partial charge on any atom is 0.270 e. The molecule has 0 bridgehead atoms. The average molecular weight is 273 g/mol. The molecule has 1 aliphatic heterocycles. The van der Waals surface area contributed by atoms with Crippen molar-refractivity contribution in [2.75, 3.05) is 13.2 Å². The molecule has 1 saturated heterocycles. The first kappa shape index (κ1) is 12.8. The van der Waals surface area contributed by atoms with Gasteiger partial charge >= 0.3 is 0 Å². The van der Waals surface area contributed by atoms with Crippen LogP contribution in [0.1, 0.15) is 23.2 Å². The normalized spacial score (nSPS) is 18.3. The Morgan fingerprint density at radius 2 is 2.40 bits per heavy atom. The lowest BCUT2D eigenvalue weighted by atomic mass is 10.2. The molecule has 1 N–H and O–H groups in total. The Kier molecular flexibility index (Phi) is 3.47. The molecule has 104 valence electrons. The highest BCUT2D eigenvalue weighted by molar-refractivity contribution is 5.93. The molecular weight excluding hydrogens is 258 g/mol. The Morgan fingerprint density at radius 1 is 1.50 bits per heavy atom. The van der Waals surface area contributed by atoms with Gasteiger partial charge in [0.1, 0.15) is 11.2 Å². The van der Waals surface area contributed by atoms with Crippen LogP contribution in [0.25, 0.3) is 5.65 Å². The number of pyridine rings is 1. The SMILES string of the molecule is O=C(NC[C@H]1CCCO1)c1cnc2ccccn2c1=O. The molecule has 6 heteroatoms. The van der Waals surface area contributed by atoms with Crippen molar-refractivity contribution in [1.82, 2.24) is 14.7 Å². The predicted molar refractivity (Wildman–Crippen MR) is 72.8 cm³/mol. The quantitative estimate of drug-likeness (QED) is 0.889. The third-order valence-corrected chi connectivity index (χ3v) is 3.37. The van der Waals surface area contributed by atoms with E-state index in [0.29, 0.717) is 12.2 Å². The summed E-state index contributed by atoms with van der Waals surface area (Å²) in [5.41, 5.74) is 0.209. The number of nitrogens with one attached hydrogen (secondary N) is 1. The number of rotatable bonds is 3. The fourth-order valence-corrected chi connectivity index (χ4v) is 2.29. The van der Waals surface area contributed by atoms with Crippen LogP contribution in [0.2, 0.25) is 0 Å².